The predicted molar refractivity (Wildman–Crippen MR) is 101 cm³/mol. The topological polar surface area (TPSA) is 97.8 Å². The molecule has 0 bridgehead atoms. The van der Waals surface area contributed by atoms with Gasteiger partial charge in [0.25, 0.3) is 10.0 Å². The van der Waals surface area contributed by atoms with Gasteiger partial charge in [0.2, 0.25) is 5.88 Å². The third-order valence-electron chi connectivity index (χ3n) is 4.26. The Labute approximate surface area is 156 Å². The van der Waals surface area contributed by atoms with Crippen LogP contribution >= 0.6 is 0 Å². The summed E-state index contributed by atoms with van der Waals surface area (Å²) in [6.07, 6.45) is 0.745. The van der Waals surface area contributed by atoms with Crippen molar-refractivity contribution in [3.63, 3.8) is 0 Å². The molecule has 1 aliphatic heterocycles. The first-order valence-corrected chi connectivity index (χ1v) is 9.93. The average Bonchev–Trinajstić information content (AvgIpc) is 2.87. The fourth-order valence-electron chi connectivity index (χ4n) is 2.86. The van der Waals surface area contributed by atoms with Crippen molar-refractivity contribution < 1.29 is 23.0 Å². The number of aryl methyl sites for hydroxylation is 1. The van der Waals surface area contributed by atoms with Gasteiger partial charge in [0.15, 0.2) is 11.5 Å². The predicted octanol–water partition coefficient (Wildman–Crippen LogP) is 3.21. The number of nitrogens with one attached hydrogen (secondary N) is 1. The van der Waals surface area contributed by atoms with Crippen LogP contribution in [0.3, 0.4) is 0 Å². The number of ether oxygens (including phenoxy) is 2. The molecule has 1 aromatic heterocycles. The van der Waals surface area contributed by atoms with Gasteiger partial charge in [-0.3, -0.25) is 4.72 Å². The quantitative estimate of drug-likeness (QED) is 0.717. The van der Waals surface area contributed by atoms with E-state index in [1.54, 1.807) is 37.3 Å². The lowest BCUT2D eigenvalue weighted by atomic mass is 10.1. The molecule has 4 rings (SSSR count). The Bertz CT molecular complexity index is 1130. The van der Waals surface area contributed by atoms with Gasteiger partial charge in [-0.05, 0) is 43.3 Å². The summed E-state index contributed by atoms with van der Waals surface area (Å²) in [5.41, 5.74) is 1.60. The molecule has 140 valence electrons. The van der Waals surface area contributed by atoms with Gasteiger partial charge < -0.3 is 14.6 Å². The molecule has 2 N–H and O–H groups in total. The van der Waals surface area contributed by atoms with E-state index in [2.05, 4.69) is 9.71 Å². The van der Waals surface area contributed by atoms with Crippen LogP contribution in [0, 0.1) is 6.92 Å². The molecule has 0 radical (unpaired) electrons. The molecule has 2 heterocycles. The fraction of sp³-hybridized carbons (Fsp3) is 0.211. The summed E-state index contributed by atoms with van der Waals surface area (Å²) < 4.78 is 39.2. The molecule has 1 aliphatic rings. The highest BCUT2D eigenvalue weighted by atomic mass is 32.2. The van der Waals surface area contributed by atoms with Crippen LogP contribution in [0.15, 0.2) is 47.4 Å². The van der Waals surface area contributed by atoms with Crippen molar-refractivity contribution in [1.29, 1.82) is 0 Å². The summed E-state index contributed by atoms with van der Waals surface area (Å²) in [5.74, 6) is 0.922. The third kappa shape index (κ3) is 3.48. The van der Waals surface area contributed by atoms with E-state index in [0.29, 0.717) is 41.5 Å². The van der Waals surface area contributed by atoms with Crippen LogP contribution in [-0.4, -0.2) is 31.7 Å². The second-order valence-electron chi connectivity index (χ2n) is 6.30. The number of hydrogen-bond acceptors (Lipinski definition) is 6. The molecule has 0 spiro atoms. The van der Waals surface area contributed by atoms with Gasteiger partial charge in [-0.25, -0.2) is 13.4 Å². The van der Waals surface area contributed by atoms with E-state index < -0.39 is 10.0 Å². The minimum Gasteiger partial charge on any atom is -0.493 e. The van der Waals surface area contributed by atoms with E-state index in [-0.39, 0.29) is 10.8 Å². The molecule has 27 heavy (non-hydrogen) atoms. The summed E-state index contributed by atoms with van der Waals surface area (Å²) in [6.45, 7) is 2.75. The largest absolute Gasteiger partial charge is 0.493 e. The lowest BCUT2D eigenvalue weighted by Gasteiger charge is -2.12. The number of benzene rings is 2. The van der Waals surface area contributed by atoms with E-state index in [0.717, 1.165) is 11.8 Å². The van der Waals surface area contributed by atoms with Crippen molar-refractivity contribution in [2.75, 3.05) is 17.9 Å². The molecule has 2 aromatic carbocycles. The van der Waals surface area contributed by atoms with Crippen LogP contribution in [-0.2, 0) is 10.0 Å². The molecule has 0 saturated heterocycles. The van der Waals surface area contributed by atoms with Crippen molar-refractivity contribution >= 4 is 26.6 Å². The lowest BCUT2D eigenvalue weighted by Crippen LogP contribution is -2.13. The molecular weight excluding hydrogens is 368 g/mol. The molecule has 0 fully saturated rings. The maximum atomic E-state index is 12.8. The summed E-state index contributed by atoms with van der Waals surface area (Å²) >= 11 is 0. The summed E-state index contributed by atoms with van der Waals surface area (Å²) in [4.78, 5) is 4.17. The van der Waals surface area contributed by atoms with Gasteiger partial charge in [-0.1, -0.05) is 0 Å². The lowest BCUT2D eigenvalue weighted by molar-refractivity contribution is 0.297. The Balaban J connectivity index is 1.66. The van der Waals surface area contributed by atoms with Crippen LogP contribution in [0.4, 0.5) is 5.69 Å². The highest BCUT2D eigenvalue weighted by Crippen LogP contribution is 2.32. The zero-order valence-corrected chi connectivity index (χ0v) is 15.4. The maximum absolute atomic E-state index is 12.8. The zero-order chi connectivity index (χ0) is 19.0. The fourth-order valence-corrected chi connectivity index (χ4v) is 3.92. The number of rotatable bonds is 3. The van der Waals surface area contributed by atoms with Gasteiger partial charge in [-0.2, -0.15) is 0 Å². The summed E-state index contributed by atoms with van der Waals surface area (Å²) in [7, 11) is -3.80. The van der Waals surface area contributed by atoms with Crippen LogP contribution in [0.1, 0.15) is 12.0 Å². The number of aromatic nitrogens is 1. The number of hydrogen-bond donors (Lipinski definition) is 2. The highest BCUT2D eigenvalue weighted by molar-refractivity contribution is 7.92. The molecule has 7 nitrogen and oxygen atoms in total. The normalized spacial score (nSPS) is 14.0. The van der Waals surface area contributed by atoms with Crippen molar-refractivity contribution in [2.24, 2.45) is 0 Å². The smallest absolute Gasteiger partial charge is 0.262 e. The molecule has 0 aliphatic carbocycles. The monoisotopic (exact) mass is 386 g/mol. The minimum absolute atomic E-state index is 0.0389. The Kier molecular flexibility index (Phi) is 4.27. The number of nitrogens with zero attached hydrogens (tertiary/aromatic N) is 1. The van der Waals surface area contributed by atoms with Gasteiger partial charge in [-0.15, -0.1) is 0 Å². The number of pyridine rings is 1. The van der Waals surface area contributed by atoms with E-state index in [1.165, 1.54) is 12.1 Å². The SMILES string of the molecule is Cc1cc2cc(NS(=O)(=O)c3ccc4c(c3)OCCCO4)ccc2nc1O. The summed E-state index contributed by atoms with van der Waals surface area (Å²) in [6, 6.07) is 11.2. The van der Waals surface area contributed by atoms with Gasteiger partial charge in [0.1, 0.15) is 0 Å². The van der Waals surface area contributed by atoms with Gasteiger partial charge in [0, 0.05) is 29.1 Å². The molecule has 0 saturated carbocycles. The van der Waals surface area contributed by atoms with Crippen LogP contribution < -0.4 is 14.2 Å². The molecule has 0 amide bonds. The van der Waals surface area contributed by atoms with Crippen LogP contribution in [0.2, 0.25) is 0 Å². The minimum atomic E-state index is -3.80. The Morgan fingerprint density at radius 1 is 1.04 bits per heavy atom. The zero-order valence-electron chi connectivity index (χ0n) is 14.6. The molecule has 8 heteroatoms. The van der Waals surface area contributed by atoms with Gasteiger partial charge in [0.05, 0.1) is 23.6 Å². The van der Waals surface area contributed by atoms with Crippen molar-refractivity contribution in [3.8, 4) is 17.4 Å². The number of aromatic hydroxyl groups is 1. The number of fused-ring (bicyclic) bond motifs is 2. The number of sulfonamides is 1. The molecular formula is C19H18N2O5S. The van der Waals surface area contributed by atoms with Crippen LogP contribution in [0.5, 0.6) is 17.4 Å². The first kappa shape index (κ1) is 17.4. The van der Waals surface area contributed by atoms with Gasteiger partial charge >= 0.3 is 0 Å². The first-order valence-electron chi connectivity index (χ1n) is 8.45. The standard InChI is InChI=1S/C19H18N2O5S/c1-12-9-13-10-14(3-5-16(13)20-19(12)22)21-27(23,24)15-4-6-17-18(11-15)26-8-2-7-25-17/h3-6,9-11,21H,2,7-8H2,1H3,(H,20,22). The Morgan fingerprint density at radius 2 is 1.81 bits per heavy atom. The van der Waals surface area contributed by atoms with E-state index in [1.807, 2.05) is 0 Å². The Hall–Kier alpha value is -3.00. The van der Waals surface area contributed by atoms with Crippen molar-refractivity contribution in [3.05, 3.63) is 48.0 Å². The van der Waals surface area contributed by atoms with E-state index in [9.17, 15) is 13.5 Å². The van der Waals surface area contributed by atoms with Crippen molar-refractivity contribution in [2.45, 2.75) is 18.2 Å². The second kappa shape index (κ2) is 6.62. The highest BCUT2D eigenvalue weighted by Gasteiger charge is 2.19. The summed E-state index contributed by atoms with van der Waals surface area (Å²) in [5, 5.41) is 10.4. The number of anilines is 1. The average molecular weight is 386 g/mol. The van der Waals surface area contributed by atoms with E-state index >= 15 is 0 Å². The van der Waals surface area contributed by atoms with E-state index in [4.69, 9.17) is 9.47 Å². The first-order chi connectivity index (χ1) is 12.9. The van der Waals surface area contributed by atoms with Crippen molar-refractivity contribution in [1.82, 2.24) is 4.98 Å². The second-order valence-corrected chi connectivity index (χ2v) is 7.98. The maximum Gasteiger partial charge on any atom is 0.262 e. The third-order valence-corrected chi connectivity index (χ3v) is 5.64. The van der Waals surface area contributed by atoms with Crippen LogP contribution in [0.25, 0.3) is 10.9 Å². The molecule has 0 unspecified atom stereocenters. The molecule has 3 aromatic rings. The Morgan fingerprint density at radius 3 is 2.63 bits per heavy atom. The molecule has 0 atom stereocenters.